The van der Waals surface area contributed by atoms with Crippen LogP contribution >= 0.6 is 0 Å². The Balaban J connectivity index is 1.91. The maximum atomic E-state index is 2.53. The third-order valence-electron chi connectivity index (χ3n) is 5.15. The molecule has 0 heterocycles. The van der Waals surface area contributed by atoms with Crippen LogP contribution in [0, 0.1) is 40.9 Å². The zero-order chi connectivity index (χ0) is 7.96. The highest BCUT2D eigenvalue weighted by Crippen LogP contribution is 2.91. The van der Waals surface area contributed by atoms with Crippen molar-refractivity contribution in [1.82, 2.24) is 0 Å². The van der Waals surface area contributed by atoms with Gasteiger partial charge in [0, 0.05) is 0 Å². The van der Waals surface area contributed by atoms with Gasteiger partial charge in [0.15, 0.2) is 0 Å². The highest BCUT2D eigenvalue weighted by Gasteiger charge is 2.88. The van der Waals surface area contributed by atoms with Crippen LogP contribution in [0.1, 0.15) is 27.7 Å². The third-order valence-corrected chi connectivity index (χ3v) is 5.15. The van der Waals surface area contributed by atoms with Gasteiger partial charge >= 0.3 is 0 Å². The summed E-state index contributed by atoms with van der Waals surface area (Å²) < 4.78 is 0. The maximum absolute atomic E-state index is 2.53. The van der Waals surface area contributed by atoms with E-state index in [-0.39, 0.29) is 0 Å². The van der Waals surface area contributed by atoms with Gasteiger partial charge in [-0.1, -0.05) is 27.7 Å². The van der Waals surface area contributed by atoms with Crippen LogP contribution in [0.5, 0.6) is 0 Å². The van der Waals surface area contributed by atoms with Gasteiger partial charge in [-0.25, -0.2) is 0 Å². The predicted octanol–water partition coefficient (Wildman–Crippen LogP) is 2.79. The van der Waals surface area contributed by atoms with E-state index in [4.69, 9.17) is 0 Å². The molecule has 0 amide bonds. The van der Waals surface area contributed by atoms with Gasteiger partial charge in [0.1, 0.15) is 0 Å². The topological polar surface area (TPSA) is 0 Å². The second-order valence-electron chi connectivity index (χ2n) is 5.62. The van der Waals surface area contributed by atoms with Gasteiger partial charge in [-0.15, -0.1) is 0 Å². The maximum Gasteiger partial charge on any atom is -0.0224 e. The third kappa shape index (κ3) is 0.400. The summed E-state index contributed by atoms with van der Waals surface area (Å²) >= 11 is 0. The van der Waals surface area contributed by atoms with Crippen molar-refractivity contribution in [2.75, 3.05) is 0 Å². The average molecular weight is 150 g/mol. The summed E-state index contributed by atoms with van der Waals surface area (Å²) in [6.45, 7) is 9.82. The summed E-state index contributed by atoms with van der Waals surface area (Å²) in [5.74, 6) is 6.59. The molecule has 0 aromatic rings. The minimum absolute atomic E-state index is 0.832. The predicted molar refractivity (Wildman–Crippen MR) is 46.1 cm³/mol. The first-order chi connectivity index (χ1) is 5.10. The molecule has 0 radical (unpaired) electrons. The lowest BCUT2D eigenvalue weighted by Gasteiger charge is -2.47. The summed E-state index contributed by atoms with van der Waals surface area (Å²) in [6, 6.07) is 0. The fraction of sp³-hybridized carbons (Fsp3) is 1.00. The molecule has 3 aliphatic carbocycles. The lowest BCUT2D eigenvalue weighted by atomic mass is 9.58. The Morgan fingerprint density at radius 1 is 1.18 bits per heavy atom. The number of hydrogen-bond donors (Lipinski definition) is 0. The molecule has 0 nitrogen and oxygen atoms in total. The van der Waals surface area contributed by atoms with Gasteiger partial charge in [0.25, 0.3) is 0 Å². The normalized spacial score (nSPS) is 70.1. The van der Waals surface area contributed by atoms with E-state index in [1.807, 2.05) is 0 Å². The van der Waals surface area contributed by atoms with Crippen molar-refractivity contribution in [2.45, 2.75) is 27.7 Å². The lowest BCUT2D eigenvalue weighted by molar-refractivity contribution is 0.00265. The molecule has 3 rings (SSSR count). The van der Waals surface area contributed by atoms with E-state index in [1.54, 1.807) is 0 Å². The number of fused-ring (bicyclic) bond motifs is 1. The highest BCUT2D eigenvalue weighted by molar-refractivity contribution is 5.34. The average Bonchev–Trinajstić information content (AvgIpc) is 2.18. The molecular formula is C11H18. The minimum Gasteiger partial charge on any atom is -0.0625 e. The largest absolute Gasteiger partial charge is 0.0625 e. The Morgan fingerprint density at radius 3 is 2.00 bits per heavy atom. The molecular weight excluding hydrogens is 132 g/mol. The van der Waals surface area contributed by atoms with Crippen molar-refractivity contribution in [2.24, 2.45) is 40.9 Å². The van der Waals surface area contributed by atoms with Crippen LogP contribution in [0.4, 0.5) is 0 Å². The Morgan fingerprint density at radius 2 is 1.82 bits per heavy atom. The van der Waals surface area contributed by atoms with Gasteiger partial charge in [-0.3, -0.25) is 0 Å². The van der Waals surface area contributed by atoms with Gasteiger partial charge in [-0.05, 0) is 40.9 Å². The molecule has 0 bridgehead atoms. The molecule has 0 aromatic carbocycles. The summed E-state index contributed by atoms with van der Waals surface area (Å²) in [4.78, 5) is 0. The standard InChI is InChI=1S/C11H18/c1-5(2)8-7-6(3)9-10(7)11(8,9)4/h5-10H,1-4H3. The van der Waals surface area contributed by atoms with Gasteiger partial charge in [0.05, 0.1) is 0 Å². The molecule has 0 saturated heterocycles. The van der Waals surface area contributed by atoms with Crippen LogP contribution in [0.15, 0.2) is 0 Å². The van der Waals surface area contributed by atoms with E-state index >= 15 is 0 Å². The van der Waals surface area contributed by atoms with Crippen LogP contribution in [-0.2, 0) is 0 Å². The van der Waals surface area contributed by atoms with E-state index < -0.39 is 0 Å². The summed E-state index contributed by atoms with van der Waals surface area (Å²) in [6.07, 6.45) is 0. The molecule has 0 aromatic heterocycles. The number of hydrogen-bond acceptors (Lipinski definition) is 0. The molecule has 3 fully saturated rings. The number of rotatable bonds is 1. The van der Waals surface area contributed by atoms with Gasteiger partial charge < -0.3 is 0 Å². The quantitative estimate of drug-likeness (QED) is 0.539. The van der Waals surface area contributed by atoms with Crippen molar-refractivity contribution >= 4 is 0 Å². The Bertz CT molecular complexity index is 212. The first-order valence-electron chi connectivity index (χ1n) is 5.10. The van der Waals surface area contributed by atoms with Crippen molar-refractivity contribution < 1.29 is 0 Å². The monoisotopic (exact) mass is 150 g/mol. The first-order valence-corrected chi connectivity index (χ1v) is 5.10. The zero-order valence-corrected chi connectivity index (χ0v) is 7.96. The van der Waals surface area contributed by atoms with Crippen molar-refractivity contribution in [3.8, 4) is 0 Å². The summed E-state index contributed by atoms with van der Waals surface area (Å²) in [5, 5.41) is 0. The molecule has 3 saturated carbocycles. The molecule has 0 N–H and O–H groups in total. The van der Waals surface area contributed by atoms with E-state index in [2.05, 4.69) is 27.7 Å². The fourth-order valence-corrected chi connectivity index (χ4v) is 5.02. The molecule has 62 valence electrons. The molecule has 6 atom stereocenters. The second kappa shape index (κ2) is 1.41. The Kier molecular flexibility index (Phi) is 0.832. The van der Waals surface area contributed by atoms with Crippen LogP contribution < -0.4 is 0 Å². The highest BCUT2D eigenvalue weighted by atomic mass is 14.9. The fourth-order valence-electron chi connectivity index (χ4n) is 5.02. The molecule has 3 aliphatic rings. The Hall–Kier alpha value is 0. The second-order valence-corrected chi connectivity index (χ2v) is 5.62. The van der Waals surface area contributed by atoms with E-state index in [1.165, 1.54) is 5.92 Å². The van der Waals surface area contributed by atoms with E-state index in [0.29, 0.717) is 0 Å². The summed E-state index contributed by atoms with van der Waals surface area (Å²) in [7, 11) is 0. The molecule has 0 spiro atoms. The lowest BCUT2D eigenvalue weighted by Crippen LogP contribution is -2.43. The summed E-state index contributed by atoms with van der Waals surface area (Å²) in [5.41, 5.74) is 0.832. The van der Waals surface area contributed by atoms with Crippen LogP contribution in [0.25, 0.3) is 0 Å². The molecule has 0 heteroatoms. The van der Waals surface area contributed by atoms with E-state index in [9.17, 15) is 0 Å². The van der Waals surface area contributed by atoms with Crippen molar-refractivity contribution in [3.05, 3.63) is 0 Å². The minimum atomic E-state index is 0.832. The smallest absolute Gasteiger partial charge is 0.0224 e. The van der Waals surface area contributed by atoms with Gasteiger partial charge in [0.2, 0.25) is 0 Å². The SMILES string of the molecule is CC(C)C1C2C(C)C3C2C13C. The zero-order valence-electron chi connectivity index (χ0n) is 7.96. The first kappa shape index (κ1) is 6.51. The van der Waals surface area contributed by atoms with Crippen LogP contribution in [0.2, 0.25) is 0 Å². The van der Waals surface area contributed by atoms with Crippen molar-refractivity contribution in [3.63, 3.8) is 0 Å². The molecule has 11 heavy (non-hydrogen) atoms. The Labute approximate surface area is 69.4 Å². The van der Waals surface area contributed by atoms with Crippen LogP contribution in [-0.4, -0.2) is 0 Å². The van der Waals surface area contributed by atoms with Crippen LogP contribution in [0.3, 0.4) is 0 Å². The van der Waals surface area contributed by atoms with Gasteiger partial charge in [-0.2, -0.15) is 0 Å². The van der Waals surface area contributed by atoms with Crippen molar-refractivity contribution in [1.29, 1.82) is 0 Å². The molecule has 6 unspecified atom stereocenters. The molecule has 0 aliphatic heterocycles. The van der Waals surface area contributed by atoms with E-state index in [0.717, 1.165) is 35.0 Å².